The fourth-order valence-electron chi connectivity index (χ4n) is 2.42. The lowest BCUT2D eigenvalue weighted by molar-refractivity contribution is -0.116. The first-order valence-corrected chi connectivity index (χ1v) is 9.03. The van der Waals surface area contributed by atoms with Gasteiger partial charge in [0, 0.05) is 5.69 Å². The molecule has 0 saturated heterocycles. The zero-order chi connectivity index (χ0) is 17.2. The molecule has 2 aromatic rings. The van der Waals surface area contributed by atoms with Gasteiger partial charge in [-0.1, -0.05) is 36.4 Å². The Morgan fingerprint density at radius 2 is 1.88 bits per heavy atom. The van der Waals surface area contributed by atoms with Crippen LogP contribution in [0.25, 0.3) is 4.91 Å². The Morgan fingerprint density at radius 1 is 1.12 bits per heavy atom. The van der Waals surface area contributed by atoms with Crippen molar-refractivity contribution in [3.05, 3.63) is 65.5 Å². The van der Waals surface area contributed by atoms with Crippen LogP contribution in [0.5, 0.6) is 0 Å². The lowest BCUT2D eigenvalue weighted by Crippen LogP contribution is -2.28. The van der Waals surface area contributed by atoms with Gasteiger partial charge in [0.2, 0.25) is 5.76 Å². The van der Waals surface area contributed by atoms with Gasteiger partial charge >= 0.3 is 0 Å². The second-order valence-electron chi connectivity index (χ2n) is 5.31. The van der Waals surface area contributed by atoms with E-state index < -0.39 is 15.7 Å². The predicted molar refractivity (Wildman–Crippen MR) is 90.7 cm³/mol. The minimum atomic E-state index is -3.60. The number of benzene rings is 1. The molecular formula is C17H16N2O4S. The van der Waals surface area contributed by atoms with Crippen LogP contribution < -0.4 is 5.32 Å². The summed E-state index contributed by atoms with van der Waals surface area (Å²) in [5.74, 6) is -0.645. The Labute approximate surface area is 140 Å². The monoisotopic (exact) mass is 344 g/mol. The molecule has 1 N–H and O–H groups in total. The SMILES string of the molecule is Cc1cccc(NC(=O)C2=C(c3ccccc3)S(=O)(=O)CCO2)n1. The van der Waals surface area contributed by atoms with Crippen LogP contribution in [0, 0.1) is 6.92 Å². The van der Waals surface area contributed by atoms with Crippen LogP contribution >= 0.6 is 0 Å². The summed E-state index contributed by atoms with van der Waals surface area (Å²) in [5.41, 5.74) is 1.17. The highest BCUT2D eigenvalue weighted by molar-refractivity contribution is 8.00. The summed E-state index contributed by atoms with van der Waals surface area (Å²) in [5, 5.41) is 2.59. The van der Waals surface area contributed by atoms with Gasteiger partial charge in [-0.05, 0) is 24.6 Å². The van der Waals surface area contributed by atoms with Gasteiger partial charge in [0.05, 0.1) is 5.75 Å². The second kappa shape index (κ2) is 6.45. The molecule has 0 radical (unpaired) electrons. The molecule has 0 bridgehead atoms. The molecule has 0 aliphatic carbocycles. The van der Waals surface area contributed by atoms with Crippen LogP contribution in [-0.2, 0) is 19.4 Å². The van der Waals surface area contributed by atoms with E-state index in [1.54, 1.807) is 55.5 Å². The van der Waals surface area contributed by atoms with Crippen molar-refractivity contribution in [2.45, 2.75) is 6.92 Å². The molecule has 1 aliphatic rings. The first kappa shape index (κ1) is 16.2. The largest absolute Gasteiger partial charge is 0.486 e. The first-order chi connectivity index (χ1) is 11.5. The molecule has 24 heavy (non-hydrogen) atoms. The molecule has 0 spiro atoms. The number of amides is 1. The summed E-state index contributed by atoms with van der Waals surface area (Å²) >= 11 is 0. The molecule has 1 amide bonds. The number of hydrogen-bond donors (Lipinski definition) is 1. The van der Waals surface area contributed by atoms with Crippen molar-refractivity contribution in [2.75, 3.05) is 17.7 Å². The third kappa shape index (κ3) is 3.30. The lowest BCUT2D eigenvalue weighted by Gasteiger charge is -2.21. The van der Waals surface area contributed by atoms with E-state index in [-0.39, 0.29) is 23.0 Å². The lowest BCUT2D eigenvalue weighted by atomic mass is 10.2. The number of carbonyl (C=O) groups excluding carboxylic acids is 1. The molecule has 7 heteroatoms. The number of ether oxygens (including phenoxy) is 1. The summed E-state index contributed by atoms with van der Waals surface area (Å²) in [6.45, 7) is 1.74. The van der Waals surface area contributed by atoms with Crippen molar-refractivity contribution in [1.82, 2.24) is 4.98 Å². The van der Waals surface area contributed by atoms with E-state index in [1.165, 1.54) is 0 Å². The van der Waals surface area contributed by atoms with Gasteiger partial charge in [-0.3, -0.25) is 4.79 Å². The maximum absolute atomic E-state index is 12.6. The predicted octanol–water partition coefficient (Wildman–Crippen LogP) is 2.14. The average Bonchev–Trinajstić information content (AvgIpc) is 2.54. The molecule has 124 valence electrons. The van der Waals surface area contributed by atoms with Crippen molar-refractivity contribution < 1.29 is 17.9 Å². The zero-order valence-corrected chi connectivity index (χ0v) is 13.8. The van der Waals surface area contributed by atoms with E-state index >= 15 is 0 Å². The van der Waals surface area contributed by atoms with Crippen LogP contribution in [0.4, 0.5) is 5.82 Å². The van der Waals surface area contributed by atoms with Gasteiger partial charge in [0.25, 0.3) is 5.91 Å². The summed E-state index contributed by atoms with van der Waals surface area (Å²) in [4.78, 5) is 16.7. The Morgan fingerprint density at radius 3 is 2.58 bits per heavy atom. The fourth-order valence-corrected chi connectivity index (χ4v) is 3.85. The number of sulfone groups is 1. The van der Waals surface area contributed by atoms with Crippen molar-refractivity contribution in [3.63, 3.8) is 0 Å². The van der Waals surface area contributed by atoms with E-state index in [4.69, 9.17) is 4.74 Å². The molecule has 0 fully saturated rings. The van der Waals surface area contributed by atoms with Crippen LogP contribution in [0.15, 0.2) is 54.3 Å². The topological polar surface area (TPSA) is 85.4 Å². The van der Waals surface area contributed by atoms with Crippen LogP contribution in [0.1, 0.15) is 11.3 Å². The van der Waals surface area contributed by atoms with Gasteiger partial charge in [-0.25, -0.2) is 13.4 Å². The third-order valence-electron chi connectivity index (χ3n) is 3.49. The van der Waals surface area contributed by atoms with E-state index in [1.807, 2.05) is 0 Å². The highest BCUT2D eigenvalue weighted by Crippen LogP contribution is 2.30. The molecule has 6 nitrogen and oxygen atoms in total. The van der Waals surface area contributed by atoms with Gasteiger partial charge in [0.15, 0.2) is 9.84 Å². The molecule has 2 heterocycles. The maximum Gasteiger partial charge on any atom is 0.293 e. The summed E-state index contributed by atoms with van der Waals surface area (Å²) < 4.78 is 30.3. The molecule has 0 atom stereocenters. The number of anilines is 1. The van der Waals surface area contributed by atoms with Gasteiger partial charge in [-0.15, -0.1) is 0 Å². The number of hydrogen-bond acceptors (Lipinski definition) is 5. The Bertz CT molecular complexity index is 905. The van der Waals surface area contributed by atoms with Crippen molar-refractivity contribution >= 4 is 26.5 Å². The summed E-state index contributed by atoms with van der Waals surface area (Å²) in [6, 6.07) is 13.7. The van der Waals surface area contributed by atoms with Crippen molar-refractivity contribution in [1.29, 1.82) is 0 Å². The number of nitrogens with zero attached hydrogens (tertiary/aromatic N) is 1. The number of carbonyl (C=O) groups is 1. The molecule has 0 unspecified atom stereocenters. The van der Waals surface area contributed by atoms with E-state index in [0.717, 1.165) is 5.69 Å². The fraction of sp³-hybridized carbons (Fsp3) is 0.176. The quantitative estimate of drug-likeness (QED) is 0.922. The molecule has 3 rings (SSSR count). The minimum absolute atomic E-state index is 0.0529. The normalized spacial score (nSPS) is 16.4. The highest BCUT2D eigenvalue weighted by Gasteiger charge is 2.33. The Hall–Kier alpha value is -2.67. The molecule has 0 saturated carbocycles. The number of pyridine rings is 1. The van der Waals surface area contributed by atoms with E-state index in [2.05, 4.69) is 10.3 Å². The smallest absolute Gasteiger partial charge is 0.293 e. The standard InChI is InChI=1S/C17H16N2O4S/c1-12-6-5-9-14(18-12)19-17(20)15-16(13-7-3-2-4-8-13)24(21,22)11-10-23-15/h2-9H,10-11H2,1H3,(H,18,19,20). The highest BCUT2D eigenvalue weighted by atomic mass is 32.2. The van der Waals surface area contributed by atoms with Crippen molar-refractivity contribution in [3.8, 4) is 0 Å². The zero-order valence-electron chi connectivity index (χ0n) is 13.0. The van der Waals surface area contributed by atoms with Gasteiger partial charge < -0.3 is 10.1 Å². The Balaban J connectivity index is 2.04. The van der Waals surface area contributed by atoms with E-state index in [0.29, 0.717) is 11.4 Å². The molecule has 1 aromatic carbocycles. The minimum Gasteiger partial charge on any atom is -0.486 e. The van der Waals surface area contributed by atoms with Crippen LogP contribution in [0.3, 0.4) is 0 Å². The number of aromatic nitrogens is 1. The second-order valence-corrected chi connectivity index (χ2v) is 7.36. The number of aryl methyl sites for hydroxylation is 1. The van der Waals surface area contributed by atoms with Gasteiger partial charge in [-0.2, -0.15) is 0 Å². The summed E-state index contributed by atoms with van der Waals surface area (Å²) in [7, 11) is -3.60. The molecular weight excluding hydrogens is 328 g/mol. The molecule has 1 aromatic heterocycles. The average molecular weight is 344 g/mol. The van der Waals surface area contributed by atoms with Gasteiger partial charge in [0.1, 0.15) is 17.3 Å². The van der Waals surface area contributed by atoms with Crippen LogP contribution in [0.2, 0.25) is 0 Å². The number of nitrogens with one attached hydrogen (secondary N) is 1. The van der Waals surface area contributed by atoms with Crippen LogP contribution in [-0.4, -0.2) is 31.7 Å². The maximum atomic E-state index is 12.6. The van der Waals surface area contributed by atoms with E-state index in [9.17, 15) is 13.2 Å². The first-order valence-electron chi connectivity index (χ1n) is 7.37. The van der Waals surface area contributed by atoms with Crippen molar-refractivity contribution in [2.24, 2.45) is 0 Å². The number of rotatable bonds is 3. The third-order valence-corrected chi connectivity index (χ3v) is 5.24. The molecule has 1 aliphatic heterocycles. The Kier molecular flexibility index (Phi) is 4.35. The summed E-state index contributed by atoms with van der Waals surface area (Å²) in [6.07, 6.45) is 0.